The predicted molar refractivity (Wildman–Crippen MR) is 63.0 cm³/mol. The van der Waals surface area contributed by atoms with Gasteiger partial charge >= 0.3 is 0 Å². The summed E-state index contributed by atoms with van der Waals surface area (Å²) in [5.41, 5.74) is -0.233. The zero-order valence-electron chi connectivity index (χ0n) is 10.2. The minimum atomic E-state index is -0.233. The molecule has 2 heterocycles. The topological polar surface area (TPSA) is 38.3 Å². The molecule has 3 heteroatoms. The molecule has 16 heavy (non-hydrogen) atoms. The molecule has 0 aromatic carbocycles. The SMILES string of the molecule is CC(C)C1(C(=O)C2=CCCCO2)CCNC1. The van der Waals surface area contributed by atoms with Crippen LogP contribution in [0.2, 0.25) is 0 Å². The number of nitrogens with one attached hydrogen (secondary N) is 1. The fraction of sp³-hybridized carbons (Fsp3) is 0.769. The van der Waals surface area contributed by atoms with Gasteiger partial charge in [0.1, 0.15) is 0 Å². The van der Waals surface area contributed by atoms with Crippen LogP contribution in [-0.4, -0.2) is 25.5 Å². The summed E-state index contributed by atoms with van der Waals surface area (Å²) in [5, 5.41) is 3.31. The second-order valence-electron chi connectivity index (χ2n) is 5.13. The van der Waals surface area contributed by atoms with Crippen LogP contribution in [0.15, 0.2) is 11.8 Å². The van der Waals surface area contributed by atoms with Crippen LogP contribution < -0.4 is 5.32 Å². The summed E-state index contributed by atoms with van der Waals surface area (Å²) in [5.74, 6) is 1.19. The van der Waals surface area contributed by atoms with E-state index < -0.39 is 0 Å². The van der Waals surface area contributed by atoms with E-state index in [4.69, 9.17) is 4.74 Å². The van der Waals surface area contributed by atoms with Gasteiger partial charge in [0.2, 0.25) is 5.78 Å². The van der Waals surface area contributed by atoms with E-state index in [0.29, 0.717) is 18.3 Å². The Kier molecular flexibility index (Phi) is 3.33. The molecular weight excluding hydrogens is 202 g/mol. The second-order valence-corrected chi connectivity index (χ2v) is 5.13. The minimum Gasteiger partial charge on any atom is -0.490 e. The van der Waals surface area contributed by atoms with Crippen molar-refractivity contribution in [3.63, 3.8) is 0 Å². The number of ketones is 1. The molecule has 0 amide bonds. The fourth-order valence-electron chi connectivity index (χ4n) is 2.62. The van der Waals surface area contributed by atoms with Gasteiger partial charge in [-0.25, -0.2) is 0 Å². The number of Topliss-reactive ketones (excluding diaryl/α,β-unsaturated/α-hetero) is 1. The van der Waals surface area contributed by atoms with Crippen LogP contribution in [-0.2, 0) is 9.53 Å². The normalized spacial score (nSPS) is 30.1. The largest absolute Gasteiger partial charge is 0.490 e. The lowest BCUT2D eigenvalue weighted by Crippen LogP contribution is -2.40. The van der Waals surface area contributed by atoms with Gasteiger partial charge in [0.25, 0.3) is 0 Å². The summed E-state index contributed by atoms with van der Waals surface area (Å²) in [6.45, 7) is 6.70. The number of rotatable bonds is 3. The van der Waals surface area contributed by atoms with E-state index >= 15 is 0 Å². The number of hydrogen-bond acceptors (Lipinski definition) is 3. The van der Waals surface area contributed by atoms with Crippen LogP contribution in [0.5, 0.6) is 0 Å². The third kappa shape index (κ3) is 1.88. The standard InChI is InChI=1S/C13H21NO2/c1-10(2)13(6-7-14-9-13)12(15)11-5-3-4-8-16-11/h5,10,14H,3-4,6-9H2,1-2H3. The Morgan fingerprint density at radius 1 is 1.56 bits per heavy atom. The average Bonchev–Trinajstić information content (AvgIpc) is 2.79. The first kappa shape index (κ1) is 11.6. The molecule has 0 saturated carbocycles. The number of carbonyl (C=O) groups is 1. The Bertz CT molecular complexity index is 301. The molecule has 1 unspecified atom stereocenters. The van der Waals surface area contributed by atoms with E-state index in [-0.39, 0.29) is 11.2 Å². The molecule has 0 aliphatic carbocycles. The van der Waals surface area contributed by atoms with Crippen LogP contribution >= 0.6 is 0 Å². The molecule has 0 radical (unpaired) electrons. The molecule has 1 saturated heterocycles. The molecule has 2 aliphatic heterocycles. The molecule has 1 fully saturated rings. The molecule has 0 spiro atoms. The first-order chi connectivity index (χ1) is 7.67. The van der Waals surface area contributed by atoms with Crippen molar-refractivity contribution in [2.45, 2.75) is 33.1 Å². The molecule has 1 atom stereocenters. The summed E-state index contributed by atoms with van der Waals surface area (Å²) >= 11 is 0. The predicted octanol–water partition coefficient (Wildman–Crippen LogP) is 1.89. The Morgan fingerprint density at radius 3 is 2.88 bits per heavy atom. The summed E-state index contributed by atoms with van der Waals surface area (Å²) in [4.78, 5) is 12.5. The maximum absolute atomic E-state index is 12.5. The van der Waals surface area contributed by atoms with Crippen molar-refractivity contribution in [3.05, 3.63) is 11.8 Å². The molecule has 2 aliphatic rings. The molecule has 0 aromatic rings. The highest BCUT2D eigenvalue weighted by Crippen LogP contribution is 2.38. The Balaban J connectivity index is 2.20. The Labute approximate surface area is 97.2 Å². The van der Waals surface area contributed by atoms with Crippen molar-refractivity contribution >= 4 is 5.78 Å². The van der Waals surface area contributed by atoms with Crippen molar-refractivity contribution in [1.82, 2.24) is 5.32 Å². The third-order valence-electron chi connectivity index (χ3n) is 3.91. The van der Waals surface area contributed by atoms with Crippen LogP contribution in [0.4, 0.5) is 0 Å². The van der Waals surface area contributed by atoms with Gasteiger partial charge < -0.3 is 10.1 Å². The zero-order chi connectivity index (χ0) is 11.6. The van der Waals surface area contributed by atoms with Crippen molar-refractivity contribution in [2.24, 2.45) is 11.3 Å². The fourth-order valence-corrected chi connectivity index (χ4v) is 2.62. The first-order valence-corrected chi connectivity index (χ1v) is 6.25. The number of carbonyl (C=O) groups excluding carboxylic acids is 1. The van der Waals surface area contributed by atoms with Crippen molar-refractivity contribution in [2.75, 3.05) is 19.7 Å². The van der Waals surface area contributed by atoms with Gasteiger partial charge in [-0.15, -0.1) is 0 Å². The van der Waals surface area contributed by atoms with E-state index in [2.05, 4.69) is 19.2 Å². The molecule has 2 rings (SSSR count). The third-order valence-corrected chi connectivity index (χ3v) is 3.91. The van der Waals surface area contributed by atoms with Crippen LogP contribution in [0.25, 0.3) is 0 Å². The van der Waals surface area contributed by atoms with E-state index in [9.17, 15) is 4.79 Å². The zero-order valence-corrected chi connectivity index (χ0v) is 10.2. The molecule has 3 nitrogen and oxygen atoms in total. The van der Waals surface area contributed by atoms with Gasteiger partial charge in [-0.2, -0.15) is 0 Å². The van der Waals surface area contributed by atoms with E-state index in [1.54, 1.807) is 0 Å². The minimum absolute atomic E-state index is 0.215. The summed E-state index contributed by atoms with van der Waals surface area (Å²) in [6, 6.07) is 0. The highest BCUT2D eigenvalue weighted by atomic mass is 16.5. The molecule has 0 aromatic heterocycles. The quantitative estimate of drug-likeness (QED) is 0.794. The van der Waals surface area contributed by atoms with Crippen LogP contribution in [0.1, 0.15) is 33.1 Å². The summed E-state index contributed by atoms with van der Waals surface area (Å²) < 4.78 is 5.51. The average molecular weight is 223 g/mol. The van der Waals surface area contributed by atoms with Crippen molar-refractivity contribution in [1.29, 1.82) is 0 Å². The smallest absolute Gasteiger partial charge is 0.204 e. The number of hydrogen-bond donors (Lipinski definition) is 1. The maximum Gasteiger partial charge on any atom is 0.204 e. The lowest BCUT2D eigenvalue weighted by Gasteiger charge is -2.32. The van der Waals surface area contributed by atoms with E-state index in [1.165, 1.54) is 0 Å². The molecule has 0 bridgehead atoms. The highest BCUT2D eigenvalue weighted by molar-refractivity contribution is 5.99. The van der Waals surface area contributed by atoms with Gasteiger partial charge in [-0.1, -0.05) is 13.8 Å². The summed E-state index contributed by atoms with van der Waals surface area (Å²) in [7, 11) is 0. The molecular formula is C13H21NO2. The van der Waals surface area contributed by atoms with Crippen molar-refractivity contribution < 1.29 is 9.53 Å². The van der Waals surface area contributed by atoms with Gasteiger partial charge in [0, 0.05) is 6.54 Å². The summed E-state index contributed by atoms with van der Waals surface area (Å²) in [6.07, 6.45) is 4.91. The van der Waals surface area contributed by atoms with Gasteiger partial charge in [-0.05, 0) is 37.8 Å². The maximum atomic E-state index is 12.5. The lowest BCUT2D eigenvalue weighted by molar-refractivity contribution is -0.130. The monoisotopic (exact) mass is 223 g/mol. The Hall–Kier alpha value is -0.830. The Morgan fingerprint density at radius 2 is 2.38 bits per heavy atom. The highest BCUT2D eigenvalue weighted by Gasteiger charge is 2.45. The van der Waals surface area contributed by atoms with E-state index in [0.717, 1.165) is 32.4 Å². The van der Waals surface area contributed by atoms with E-state index in [1.807, 2.05) is 6.08 Å². The second kappa shape index (κ2) is 4.58. The molecule has 1 N–H and O–H groups in total. The van der Waals surface area contributed by atoms with Crippen LogP contribution in [0, 0.1) is 11.3 Å². The number of allylic oxidation sites excluding steroid dienone is 2. The van der Waals surface area contributed by atoms with Gasteiger partial charge in [-0.3, -0.25) is 4.79 Å². The van der Waals surface area contributed by atoms with Gasteiger partial charge in [0.05, 0.1) is 12.0 Å². The van der Waals surface area contributed by atoms with Crippen LogP contribution in [0.3, 0.4) is 0 Å². The number of ether oxygens (including phenoxy) is 1. The van der Waals surface area contributed by atoms with Crippen molar-refractivity contribution in [3.8, 4) is 0 Å². The van der Waals surface area contributed by atoms with Gasteiger partial charge in [0.15, 0.2) is 5.76 Å². The molecule has 90 valence electrons. The lowest BCUT2D eigenvalue weighted by atomic mass is 9.72. The first-order valence-electron chi connectivity index (χ1n) is 6.25.